The predicted molar refractivity (Wildman–Crippen MR) is 84.0 cm³/mol. The van der Waals surface area contributed by atoms with Gasteiger partial charge in [-0.2, -0.15) is 0 Å². The van der Waals surface area contributed by atoms with Crippen LogP contribution in [0, 0.1) is 0 Å². The van der Waals surface area contributed by atoms with Gasteiger partial charge in [0.15, 0.2) is 0 Å². The highest BCUT2D eigenvalue weighted by atomic mass is 79.9. The summed E-state index contributed by atoms with van der Waals surface area (Å²) in [6.07, 6.45) is 0. The van der Waals surface area contributed by atoms with Gasteiger partial charge >= 0.3 is 0 Å². The monoisotopic (exact) mass is 363 g/mol. The third kappa shape index (κ3) is 3.28. The van der Waals surface area contributed by atoms with Crippen molar-refractivity contribution in [2.45, 2.75) is 13.0 Å². The number of thiophene rings is 1. The molecule has 1 atom stereocenters. The molecule has 1 aromatic heterocycles. The molecule has 0 aliphatic heterocycles. The Morgan fingerprint density at radius 3 is 2.67 bits per heavy atom. The van der Waals surface area contributed by atoms with E-state index in [2.05, 4.69) is 39.6 Å². The van der Waals surface area contributed by atoms with E-state index in [1.54, 1.807) is 17.4 Å². The van der Waals surface area contributed by atoms with Crippen molar-refractivity contribution in [3.63, 3.8) is 0 Å². The molecule has 1 N–H and O–H groups in total. The predicted octanol–water partition coefficient (Wildman–Crippen LogP) is 5.52. The summed E-state index contributed by atoms with van der Waals surface area (Å²) < 4.78 is 1.12. The van der Waals surface area contributed by atoms with Crippen LogP contribution in [-0.2, 0) is 0 Å². The SMILES string of the molecule is CCNC(c1csc(Br)c1)c1ccc(Cl)cc1Cl. The molecule has 0 aliphatic carbocycles. The number of hydrogen-bond donors (Lipinski definition) is 1. The molecule has 0 fully saturated rings. The largest absolute Gasteiger partial charge is 0.306 e. The van der Waals surface area contributed by atoms with Gasteiger partial charge in [0.1, 0.15) is 0 Å². The first-order chi connectivity index (χ1) is 8.61. The van der Waals surface area contributed by atoms with Crippen LogP contribution in [-0.4, -0.2) is 6.54 Å². The standard InChI is InChI=1S/C13H12BrCl2NS/c1-2-17-13(8-5-12(14)18-7-8)10-4-3-9(15)6-11(10)16/h3-7,13,17H,2H2,1H3. The van der Waals surface area contributed by atoms with E-state index in [1.807, 2.05) is 12.1 Å². The number of hydrogen-bond acceptors (Lipinski definition) is 2. The Kier molecular flexibility index (Phi) is 5.10. The summed E-state index contributed by atoms with van der Waals surface area (Å²) >= 11 is 17.4. The van der Waals surface area contributed by atoms with Crippen molar-refractivity contribution in [1.82, 2.24) is 5.32 Å². The Hall–Kier alpha value is -0.0600. The van der Waals surface area contributed by atoms with E-state index in [0.717, 1.165) is 15.9 Å². The lowest BCUT2D eigenvalue weighted by Crippen LogP contribution is -2.21. The van der Waals surface area contributed by atoms with Crippen LogP contribution >= 0.6 is 50.5 Å². The zero-order valence-electron chi connectivity index (χ0n) is 9.71. The fraction of sp³-hybridized carbons (Fsp3) is 0.231. The Labute approximate surface area is 129 Å². The number of nitrogens with one attached hydrogen (secondary N) is 1. The fourth-order valence-electron chi connectivity index (χ4n) is 1.82. The van der Waals surface area contributed by atoms with E-state index in [0.29, 0.717) is 10.0 Å². The molecule has 5 heteroatoms. The van der Waals surface area contributed by atoms with Gasteiger partial charge in [0, 0.05) is 10.0 Å². The van der Waals surface area contributed by atoms with Crippen molar-refractivity contribution < 1.29 is 0 Å². The third-order valence-electron chi connectivity index (χ3n) is 2.60. The van der Waals surface area contributed by atoms with Crippen LogP contribution in [0.25, 0.3) is 0 Å². The van der Waals surface area contributed by atoms with Crippen molar-refractivity contribution in [2.75, 3.05) is 6.54 Å². The topological polar surface area (TPSA) is 12.0 Å². The maximum absolute atomic E-state index is 6.28. The highest BCUT2D eigenvalue weighted by molar-refractivity contribution is 9.11. The zero-order chi connectivity index (χ0) is 13.1. The van der Waals surface area contributed by atoms with Crippen LogP contribution in [0.3, 0.4) is 0 Å². The molecule has 1 aromatic carbocycles. The van der Waals surface area contributed by atoms with Crippen molar-refractivity contribution in [1.29, 1.82) is 0 Å². The maximum atomic E-state index is 6.28. The van der Waals surface area contributed by atoms with Gasteiger partial charge in [0.25, 0.3) is 0 Å². The van der Waals surface area contributed by atoms with Crippen LogP contribution in [0.2, 0.25) is 10.0 Å². The molecule has 0 radical (unpaired) electrons. The van der Waals surface area contributed by atoms with Gasteiger partial charge in [-0.3, -0.25) is 0 Å². The number of rotatable bonds is 4. The van der Waals surface area contributed by atoms with Gasteiger partial charge < -0.3 is 5.32 Å². The average Bonchev–Trinajstić information content (AvgIpc) is 2.73. The van der Waals surface area contributed by atoms with Gasteiger partial charge in [0.05, 0.1) is 9.83 Å². The van der Waals surface area contributed by atoms with Gasteiger partial charge in [0.2, 0.25) is 0 Å². The molecule has 1 unspecified atom stereocenters. The van der Waals surface area contributed by atoms with Crippen molar-refractivity contribution >= 4 is 50.5 Å². The normalized spacial score (nSPS) is 12.7. The van der Waals surface area contributed by atoms with E-state index in [9.17, 15) is 0 Å². The summed E-state index contributed by atoms with van der Waals surface area (Å²) in [5, 5.41) is 6.92. The lowest BCUT2D eigenvalue weighted by molar-refractivity contribution is 0.632. The van der Waals surface area contributed by atoms with Gasteiger partial charge in [-0.15, -0.1) is 11.3 Å². The fourth-order valence-corrected chi connectivity index (χ4v) is 3.54. The van der Waals surface area contributed by atoms with Crippen molar-refractivity contribution in [3.05, 3.63) is 54.6 Å². The number of halogens is 3. The quantitative estimate of drug-likeness (QED) is 0.753. The molecule has 2 rings (SSSR count). The molecule has 96 valence electrons. The molecule has 0 bridgehead atoms. The van der Waals surface area contributed by atoms with Gasteiger partial charge in [-0.25, -0.2) is 0 Å². The molecule has 18 heavy (non-hydrogen) atoms. The Balaban J connectivity index is 2.41. The average molecular weight is 365 g/mol. The molecule has 0 amide bonds. The minimum Gasteiger partial charge on any atom is -0.306 e. The van der Waals surface area contributed by atoms with E-state index in [-0.39, 0.29) is 6.04 Å². The van der Waals surface area contributed by atoms with Crippen molar-refractivity contribution in [3.8, 4) is 0 Å². The molecule has 0 saturated carbocycles. The van der Waals surface area contributed by atoms with Crippen molar-refractivity contribution in [2.24, 2.45) is 0 Å². The first kappa shape index (κ1) is 14.4. The van der Waals surface area contributed by atoms with Crippen LogP contribution in [0.15, 0.2) is 33.4 Å². The van der Waals surface area contributed by atoms with Gasteiger partial charge in [-0.1, -0.05) is 36.2 Å². The molecule has 0 saturated heterocycles. The highest BCUT2D eigenvalue weighted by Crippen LogP contribution is 2.33. The van der Waals surface area contributed by atoms with E-state index >= 15 is 0 Å². The molecular weight excluding hydrogens is 353 g/mol. The lowest BCUT2D eigenvalue weighted by atomic mass is 10.0. The second-order valence-electron chi connectivity index (χ2n) is 3.84. The summed E-state index contributed by atoms with van der Waals surface area (Å²) in [5.41, 5.74) is 2.26. The maximum Gasteiger partial charge on any atom is 0.0701 e. The summed E-state index contributed by atoms with van der Waals surface area (Å²) in [6.45, 7) is 2.95. The Morgan fingerprint density at radius 1 is 1.33 bits per heavy atom. The lowest BCUT2D eigenvalue weighted by Gasteiger charge is -2.18. The minimum atomic E-state index is 0.0994. The second-order valence-corrected chi connectivity index (χ2v) is 6.97. The summed E-state index contributed by atoms with van der Waals surface area (Å²) in [7, 11) is 0. The minimum absolute atomic E-state index is 0.0994. The first-order valence-corrected chi connectivity index (χ1v) is 7.97. The van der Waals surface area contributed by atoms with Crippen LogP contribution < -0.4 is 5.32 Å². The van der Waals surface area contributed by atoms with Gasteiger partial charge in [-0.05, 0) is 57.2 Å². The van der Waals surface area contributed by atoms with Crippen LogP contribution in [0.5, 0.6) is 0 Å². The molecular formula is C13H12BrCl2NS. The molecule has 1 nitrogen and oxygen atoms in total. The van der Waals surface area contributed by atoms with E-state index in [4.69, 9.17) is 23.2 Å². The Morgan fingerprint density at radius 2 is 2.11 bits per heavy atom. The molecule has 0 spiro atoms. The summed E-state index contributed by atoms with van der Waals surface area (Å²) in [6, 6.07) is 7.84. The molecule has 1 heterocycles. The molecule has 0 aliphatic rings. The highest BCUT2D eigenvalue weighted by Gasteiger charge is 2.17. The third-order valence-corrected chi connectivity index (χ3v) is 4.69. The second kappa shape index (κ2) is 6.40. The van der Waals surface area contributed by atoms with E-state index < -0.39 is 0 Å². The summed E-state index contributed by atoms with van der Waals surface area (Å²) in [5.74, 6) is 0. The van der Waals surface area contributed by atoms with Crippen LogP contribution in [0.4, 0.5) is 0 Å². The first-order valence-electron chi connectivity index (χ1n) is 5.54. The number of benzene rings is 1. The summed E-state index contributed by atoms with van der Waals surface area (Å²) in [4.78, 5) is 0. The molecule has 2 aromatic rings. The van der Waals surface area contributed by atoms with Crippen LogP contribution in [0.1, 0.15) is 24.1 Å². The smallest absolute Gasteiger partial charge is 0.0701 e. The Bertz CT molecular complexity index is 542. The van der Waals surface area contributed by atoms with E-state index in [1.165, 1.54) is 5.56 Å². The zero-order valence-corrected chi connectivity index (χ0v) is 13.6.